The maximum absolute atomic E-state index is 13.0. The van der Waals surface area contributed by atoms with Crippen molar-refractivity contribution < 1.29 is 9.18 Å². The van der Waals surface area contributed by atoms with E-state index in [0.29, 0.717) is 11.5 Å². The van der Waals surface area contributed by atoms with Crippen LogP contribution in [-0.4, -0.2) is 15.7 Å². The van der Waals surface area contributed by atoms with Gasteiger partial charge in [0.2, 0.25) is 0 Å². The van der Waals surface area contributed by atoms with Gasteiger partial charge < -0.3 is 0 Å². The highest BCUT2D eigenvalue weighted by molar-refractivity contribution is 6.31. The summed E-state index contributed by atoms with van der Waals surface area (Å²) in [7, 11) is 0. The van der Waals surface area contributed by atoms with Crippen molar-refractivity contribution in [2.45, 2.75) is 13.3 Å². The molecule has 0 atom stereocenters. The van der Waals surface area contributed by atoms with Crippen molar-refractivity contribution in [3.63, 3.8) is 0 Å². The summed E-state index contributed by atoms with van der Waals surface area (Å²) in [6.07, 6.45) is 1.83. The third-order valence-corrected chi connectivity index (χ3v) is 3.36. The first-order chi connectivity index (χ1) is 9.06. The van der Waals surface area contributed by atoms with Crippen molar-refractivity contribution in [2.75, 3.05) is 0 Å². The number of carbonyl (C=O) groups is 1. The second-order valence-corrected chi connectivity index (χ2v) is 4.92. The highest BCUT2D eigenvalue weighted by Crippen LogP contribution is 2.31. The summed E-state index contributed by atoms with van der Waals surface area (Å²) < 4.78 is 14.3. The average molecular weight is 277 g/mol. The van der Waals surface area contributed by atoms with Crippen LogP contribution in [0.1, 0.15) is 16.2 Å². The van der Waals surface area contributed by atoms with Gasteiger partial charge in [0.1, 0.15) is 5.82 Å². The molecule has 5 heteroatoms. The predicted molar refractivity (Wildman–Crippen MR) is 70.6 cm³/mol. The van der Waals surface area contributed by atoms with Crippen LogP contribution in [0.4, 0.5) is 4.39 Å². The van der Waals surface area contributed by atoms with Crippen molar-refractivity contribution in [1.82, 2.24) is 9.78 Å². The number of halogens is 2. The van der Waals surface area contributed by atoms with E-state index in [9.17, 15) is 9.18 Å². The molecule has 0 saturated carbocycles. The van der Waals surface area contributed by atoms with Crippen LogP contribution >= 0.6 is 11.6 Å². The molecule has 0 fully saturated rings. The number of rotatable bonds is 1. The van der Waals surface area contributed by atoms with Crippen LogP contribution in [0, 0.1) is 12.7 Å². The van der Waals surface area contributed by atoms with E-state index in [1.807, 2.05) is 6.92 Å². The molecule has 0 saturated heterocycles. The van der Waals surface area contributed by atoms with E-state index in [1.165, 1.54) is 22.9 Å². The Balaban J connectivity index is 2.19. The van der Waals surface area contributed by atoms with E-state index in [-0.39, 0.29) is 11.7 Å². The van der Waals surface area contributed by atoms with Gasteiger partial charge in [0, 0.05) is 23.1 Å². The zero-order valence-electron chi connectivity index (χ0n) is 10.2. The van der Waals surface area contributed by atoms with Crippen LogP contribution < -0.4 is 0 Å². The number of nitrogens with zero attached hydrogens (tertiary/aromatic N) is 2. The Bertz CT molecular complexity index is 701. The lowest BCUT2D eigenvalue weighted by atomic mass is 10.0. The number of hydrogen-bond acceptors (Lipinski definition) is 2. The molecule has 0 amide bonds. The van der Waals surface area contributed by atoms with Crippen LogP contribution in [0.15, 0.2) is 35.4 Å². The first-order valence-electron chi connectivity index (χ1n) is 5.81. The Kier molecular flexibility index (Phi) is 2.75. The lowest BCUT2D eigenvalue weighted by Gasteiger charge is -2.11. The number of allylic oxidation sites excluding steroid dienone is 2. The van der Waals surface area contributed by atoms with E-state index in [4.69, 9.17) is 11.6 Å². The fourth-order valence-electron chi connectivity index (χ4n) is 2.32. The van der Waals surface area contributed by atoms with Gasteiger partial charge in [0.25, 0.3) is 5.91 Å². The first kappa shape index (κ1) is 12.1. The summed E-state index contributed by atoms with van der Waals surface area (Å²) in [4.78, 5) is 11.8. The molecule has 3 nitrogen and oxygen atoms in total. The summed E-state index contributed by atoms with van der Waals surface area (Å²) in [5.41, 5.74) is 3.16. The molecule has 2 aromatic rings. The molecule has 2 heterocycles. The fraction of sp³-hybridized carbons (Fsp3) is 0.143. The van der Waals surface area contributed by atoms with Crippen LogP contribution in [0.25, 0.3) is 11.1 Å². The van der Waals surface area contributed by atoms with Gasteiger partial charge in [-0.3, -0.25) is 4.79 Å². The first-order valence-corrected chi connectivity index (χ1v) is 6.19. The smallest absolute Gasteiger partial charge is 0.267 e. The number of fused-ring (bicyclic) bond motifs is 1. The van der Waals surface area contributed by atoms with E-state index >= 15 is 0 Å². The molecule has 1 aromatic carbocycles. The minimum Gasteiger partial charge on any atom is -0.267 e. The SMILES string of the molecule is Cc1nn2c(c1-c1ccc(F)cc1)CC(Cl)=CC2=O. The molecule has 1 aliphatic rings. The summed E-state index contributed by atoms with van der Waals surface area (Å²) in [5, 5.41) is 4.72. The van der Waals surface area contributed by atoms with Crippen LogP contribution in [0.2, 0.25) is 0 Å². The molecule has 0 bridgehead atoms. The van der Waals surface area contributed by atoms with Gasteiger partial charge in [0.15, 0.2) is 0 Å². The molecule has 0 spiro atoms. The second kappa shape index (κ2) is 4.31. The average Bonchev–Trinajstić information content (AvgIpc) is 2.67. The van der Waals surface area contributed by atoms with Crippen LogP contribution in [-0.2, 0) is 6.42 Å². The zero-order valence-corrected chi connectivity index (χ0v) is 10.9. The van der Waals surface area contributed by atoms with Gasteiger partial charge in [-0.1, -0.05) is 23.7 Å². The quantitative estimate of drug-likeness (QED) is 0.801. The van der Waals surface area contributed by atoms with Gasteiger partial charge >= 0.3 is 0 Å². The standard InChI is InChI=1S/C14H10ClFN2O/c1-8-14(9-2-4-11(16)5-3-9)12-6-10(15)7-13(19)18(12)17-8/h2-5,7H,6H2,1H3. The Morgan fingerprint density at radius 3 is 2.68 bits per heavy atom. The number of carbonyl (C=O) groups excluding carboxylic acids is 1. The molecule has 1 aromatic heterocycles. The molecule has 0 unspecified atom stereocenters. The van der Waals surface area contributed by atoms with Crippen LogP contribution in [0.5, 0.6) is 0 Å². The van der Waals surface area contributed by atoms with Gasteiger partial charge in [-0.05, 0) is 24.6 Å². The fourth-order valence-corrected chi connectivity index (χ4v) is 2.54. The Morgan fingerprint density at radius 1 is 1.32 bits per heavy atom. The number of hydrogen-bond donors (Lipinski definition) is 0. The molecule has 0 N–H and O–H groups in total. The lowest BCUT2D eigenvalue weighted by Crippen LogP contribution is -2.18. The molecule has 19 heavy (non-hydrogen) atoms. The largest absolute Gasteiger partial charge is 0.272 e. The summed E-state index contributed by atoms with van der Waals surface area (Å²) >= 11 is 5.97. The lowest BCUT2D eigenvalue weighted by molar-refractivity contribution is 0.0946. The number of aromatic nitrogens is 2. The predicted octanol–water partition coefficient (Wildman–Crippen LogP) is 3.32. The van der Waals surface area contributed by atoms with Crippen molar-refractivity contribution in [3.05, 3.63) is 52.6 Å². The Morgan fingerprint density at radius 2 is 2.00 bits per heavy atom. The van der Waals surface area contributed by atoms with E-state index in [0.717, 1.165) is 22.5 Å². The Labute approximate surface area is 114 Å². The van der Waals surface area contributed by atoms with Gasteiger partial charge in [-0.2, -0.15) is 9.78 Å². The highest BCUT2D eigenvalue weighted by atomic mass is 35.5. The van der Waals surface area contributed by atoms with Crippen molar-refractivity contribution in [2.24, 2.45) is 0 Å². The summed E-state index contributed by atoms with van der Waals surface area (Å²) in [6, 6.07) is 6.13. The zero-order chi connectivity index (χ0) is 13.6. The minimum absolute atomic E-state index is 0.247. The molecule has 0 aliphatic carbocycles. The summed E-state index contributed by atoms with van der Waals surface area (Å²) in [5.74, 6) is -0.542. The van der Waals surface area contributed by atoms with Gasteiger partial charge in [-0.15, -0.1) is 0 Å². The maximum Gasteiger partial charge on any atom is 0.272 e. The maximum atomic E-state index is 13.0. The molecular weight excluding hydrogens is 267 g/mol. The molecule has 1 aliphatic heterocycles. The second-order valence-electron chi connectivity index (χ2n) is 4.43. The molecule has 3 rings (SSSR count). The highest BCUT2D eigenvalue weighted by Gasteiger charge is 2.24. The summed E-state index contributed by atoms with van der Waals surface area (Å²) in [6.45, 7) is 1.82. The van der Waals surface area contributed by atoms with Crippen molar-refractivity contribution >= 4 is 17.5 Å². The molecule has 96 valence electrons. The molecule has 0 radical (unpaired) electrons. The van der Waals surface area contributed by atoms with Gasteiger partial charge in [-0.25, -0.2) is 4.39 Å². The minimum atomic E-state index is -0.295. The third-order valence-electron chi connectivity index (χ3n) is 3.11. The number of aryl methyl sites for hydroxylation is 1. The topological polar surface area (TPSA) is 34.9 Å². The number of benzene rings is 1. The van der Waals surface area contributed by atoms with Gasteiger partial charge in [0.05, 0.1) is 11.4 Å². The molecular formula is C14H10ClFN2O. The van der Waals surface area contributed by atoms with E-state index < -0.39 is 0 Å². The Hall–Kier alpha value is -1.94. The third kappa shape index (κ3) is 1.98. The van der Waals surface area contributed by atoms with E-state index in [1.54, 1.807) is 12.1 Å². The monoisotopic (exact) mass is 276 g/mol. The van der Waals surface area contributed by atoms with E-state index in [2.05, 4.69) is 5.10 Å². The van der Waals surface area contributed by atoms with Crippen LogP contribution in [0.3, 0.4) is 0 Å². The normalized spacial score (nSPS) is 14.3. The van der Waals surface area contributed by atoms with Crippen molar-refractivity contribution in [3.8, 4) is 11.1 Å². The van der Waals surface area contributed by atoms with Crippen molar-refractivity contribution in [1.29, 1.82) is 0 Å².